The lowest BCUT2D eigenvalue weighted by atomic mass is 10.0. The molecule has 2 aromatic rings. The molecule has 2 aromatic heterocycles. The van der Waals surface area contributed by atoms with Crippen LogP contribution in [0.4, 0.5) is 0 Å². The van der Waals surface area contributed by atoms with E-state index in [-0.39, 0.29) is 11.7 Å². The predicted octanol–water partition coefficient (Wildman–Crippen LogP) is 6.37. The highest BCUT2D eigenvalue weighted by Crippen LogP contribution is 2.35. The van der Waals surface area contributed by atoms with E-state index in [1.165, 1.54) is 21.1 Å². The summed E-state index contributed by atoms with van der Waals surface area (Å²) in [5.41, 5.74) is 8.97. The van der Waals surface area contributed by atoms with Crippen molar-refractivity contribution in [2.45, 2.75) is 86.9 Å². The third-order valence-electron chi connectivity index (χ3n) is 6.36. The predicted molar refractivity (Wildman–Crippen MR) is 154 cm³/mol. The summed E-state index contributed by atoms with van der Waals surface area (Å²) in [7, 11) is 0. The number of rotatable bonds is 7. The van der Waals surface area contributed by atoms with Gasteiger partial charge in [0.05, 0.1) is 0 Å². The van der Waals surface area contributed by atoms with Crippen molar-refractivity contribution in [1.82, 2.24) is 19.5 Å². The van der Waals surface area contributed by atoms with Crippen LogP contribution in [0.2, 0.25) is 0 Å². The first-order valence-electron chi connectivity index (χ1n) is 13.2. The Morgan fingerprint density at radius 3 is 2.72 bits per heavy atom. The first-order valence-corrected chi connectivity index (χ1v) is 14.1. The fraction of sp³-hybridized carbons (Fsp3) is 0.483. The summed E-state index contributed by atoms with van der Waals surface area (Å²) in [6.07, 6.45) is 13.7. The van der Waals surface area contributed by atoms with E-state index < -0.39 is 0 Å². The maximum Gasteiger partial charge on any atom is 0.275 e. The van der Waals surface area contributed by atoms with Crippen LogP contribution in [-0.4, -0.2) is 32.3 Å². The molecular weight excluding hydrogens is 466 g/mol. The Bertz CT molecular complexity index is 1210. The van der Waals surface area contributed by atoms with Crippen molar-refractivity contribution in [3.63, 3.8) is 0 Å². The normalized spacial score (nSPS) is 17.9. The van der Waals surface area contributed by atoms with Crippen LogP contribution in [0.3, 0.4) is 0 Å². The SMILES string of the molecule is C/C=C(\S/C(C)=C\CC)c1cnc2c(c1)CN(C1Nn3c(ncc(CCC)c3=O)C=C1C)CC2.CC. The summed E-state index contributed by atoms with van der Waals surface area (Å²) >= 11 is 1.80. The van der Waals surface area contributed by atoms with Crippen LogP contribution in [0.5, 0.6) is 0 Å². The average molecular weight is 508 g/mol. The van der Waals surface area contributed by atoms with Gasteiger partial charge < -0.3 is 0 Å². The molecule has 0 bridgehead atoms. The molecule has 0 saturated heterocycles. The highest BCUT2D eigenvalue weighted by atomic mass is 32.2. The lowest BCUT2D eigenvalue weighted by molar-refractivity contribution is 0.205. The molecule has 6 nitrogen and oxygen atoms in total. The number of allylic oxidation sites excluding steroid dienone is 3. The van der Waals surface area contributed by atoms with Crippen LogP contribution in [-0.2, 0) is 19.4 Å². The number of hydrogen-bond donors (Lipinski definition) is 1. The minimum atomic E-state index is -0.0500. The Hall–Kier alpha value is -2.64. The molecular formula is C29H41N5OS. The Labute approximate surface area is 220 Å². The summed E-state index contributed by atoms with van der Waals surface area (Å²) in [5.74, 6) is 0.671. The van der Waals surface area contributed by atoms with Crippen molar-refractivity contribution in [2.75, 3.05) is 12.0 Å². The molecule has 1 N–H and O–H groups in total. The van der Waals surface area contributed by atoms with E-state index in [0.29, 0.717) is 5.82 Å². The molecule has 0 spiro atoms. The second-order valence-corrected chi connectivity index (χ2v) is 10.3. The van der Waals surface area contributed by atoms with Crippen molar-refractivity contribution in [2.24, 2.45) is 0 Å². The van der Waals surface area contributed by atoms with Crippen LogP contribution in [0.1, 0.15) is 89.5 Å². The molecule has 0 fully saturated rings. The van der Waals surface area contributed by atoms with Gasteiger partial charge in [-0.1, -0.05) is 58.0 Å². The van der Waals surface area contributed by atoms with Gasteiger partial charge in [-0.2, -0.15) is 0 Å². The van der Waals surface area contributed by atoms with Gasteiger partial charge in [-0.25, -0.2) is 9.66 Å². The number of hydrogen-bond acceptors (Lipinski definition) is 6. The Morgan fingerprint density at radius 1 is 1.25 bits per heavy atom. The second kappa shape index (κ2) is 13.1. The molecule has 2 aliphatic rings. The summed E-state index contributed by atoms with van der Waals surface area (Å²) < 4.78 is 1.63. The van der Waals surface area contributed by atoms with E-state index in [1.807, 2.05) is 26.1 Å². The molecule has 0 saturated carbocycles. The Kier molecular flexibility index (Phi) is 10.1. The van der Waals surface area contributed by atoms with Gasteiger partial charge in [-0.3, -0.25) is 20.1 Å². The first-order chi connectivity index (χ1) is 17.4. The lowest BCUT2D eigenvalue weighted by Crippen LogP contribution is -2.52. The van der Waals surface area contributed by atoms with Gasteiger partial charge >= 0.3 is 0 Å². The number of fused-ring (bicyclic) bond motifs is 2. The zero-order chi connectivity index (χ0) is 26.2. The number of aromatic nitrogens is 3. The largest absolute Gasteiger partial charge is 0.300 e. The van der Waals surface area contributed by atoms with E-state index >= 15 is 0 Å². The molecule has 4 rings (SSSR count). The number of nitrogens with one attached hydrogen (secondary N) is 1. The molecule has 2 aliphatic heterocycles. The minimum Gasteiger partial charge on any atom is -0.300 e. The van der Waals surface area contributed by atoms with Crippen LogP contribution in [0, 0.1) is 0 Å². The summed E-state index contributed by atoms with van der Waals surface area (Å²) in [6, 6.07) is 2.29. The molecule has 0 aliphatic carbocycles. The van der Waals surface area contributed by atoms with E-state index in [2.05, 4.69) is 68.1 Å². The first kappa shape index (κ1) is 27.9. The number of thioether (sulfide) groups is 1. The van der Waals surface area contributed by atoms with Crippen LogP contribution in [0.25, 0.3) is 11.0 Å². The zero-order valence-corrected chi connectivity index (χ0v) is 23.7. The van der Waals surface area contributed by atoms with Crippen molar-refractivity contribution in [3.8, 4) is 0 Å². The molecule has 1 unspecified atom stereocenters. The fourth-order valence-corrected chi connectivity index (χ4v) is 5.58. The van der Waals surface area contributed by atoms with Gasteiger partial charge in [0.1, 0.15) is 6.17 Å². The molecule has 0 amide bonds. The number of aryl methyl sites for hydroxylation is 1. The van der Waals surface area contributed by atoms with Gasteiger partial charge in [0, 0.05) is 53.6 Å². The van der Waals surface area contributed by atoms with Crippen LogP contribution in [0.15, 0.2) is 45.9 Å². The smallest absolute Gasteiger partial charge is 0.275 e. The molecule has 4 heterocycles. The van der Waals surface area contributed by atoms with Gasteiger partial charge in [-0.15, -0.1) is 0 Å². The summed E-state index contributed by atoms with van der Waals surface area (Å²) in [4.78, 5) is 27.3. The fourth-order valence-electron chi connectivity index (χ4n) is 4.64. The topological polar surface area (TPSA) is 63.1 Å². The van der Waals surface area contributed by atoms with E-state index in [0.717, 1.165) is 55.5 Å². The zero-order valence-electron chi connectivity index (χ0n) is 22.9. The van der Waals surface area contributed by atoms with Crippen LogP contribution >= 0.6 is 11.8 Å². The third-order valence-corrected chi connectivity index (χ3v) is 7.54. The standard InChI is InChI=1S/C27H35N5OS.C2H6/c1-6-9-19(5)34-24(8-3)21-14-22-17-31(12-11-23(22)28-16-21)26-18(4)13-25-29-15-20(10-7-2)27(33)32(25)30-26;1-2/h8-9,13-16,26,30H,6-7,10-12,17H2,1-5H3;1-2H3/b19-9-,24-8-;. The Balaban J connectivity index is 0.00000176. The van der Waals surface area contributed by atoms with Crippen molar-refractivity contribution in [1.29, 1.82) is 0 Å². The van der Waals surface area contributed by atoms with Gasteiger partial charge in [0.25, 0.3) is 5.56 Å². The van der Waals surface area contributed by atoms with Crippen molar-refractivity contribution in [3.05, 3.63) is 79.7 Å². The van der Waals surface area contributed by atoms with E-state index in [1.54, 1.807) is 22.6 Å². The summed E-state index contributed by atoms with van der Waals surface area (Å²) in [6.45, 7) is 16.3. The average Bonchev–Trinajstić information content (AvgIpc) is 2.89. The maximum absolute atomic E-state index is 13.0. The molecule has 0 radical (unpaired) electrons. The summed E-state index contributed by atoms with van der Waals surface area (Å²) in [5, 5.41) is 0. The third kappa shape index (κ3) is 6.19. The second-order valence-electron chi connectivity index (χ2n) is 8.98. The molecule has 7 heteroatoms. The minimum absolute atomic E-state index is 0.00668. The van der Waals surface area contributed by atoms with Gasteiger partial charge in [0.2, 0.25) is 0 Å². The molecule has 194 valence electrons. The monoisotopic (exact) mass is 507 g/mol. The van der Waals surface area contributed by atoms with Crippen molar-refractivity contribution < 1.29 is 0 Å². The Morgan fingerprint density at radius 2 is 2.03 bits per heavy atom. The van der Waals surface area contributed by atoms with Crippen molar-refractivity contribution >= 4 is 22.7 Å². The molecule has 0 aromatic carbocycles. The number of nitrogens with zero attached hydrogens (tertiary/aromatic N) is 4. The highest BCUT2D eigenvalue weighted by molar-refractivity contribution is 8.11. The highest BCUT2D eigenvalue weighted by Gasteiger charge is 2.29. The molecule has 36 heavy (non-hydrogen) atoms. The van der Waals surface area contributed by atoms with Crippen LogP contribution < -0.4 is 11.0 Å². The lowest BCUT2D eigenvalue weighted by Gasteiger charge is -2.39. The van der Waals surface area contributed by atoms with Gasteiger partial charge in [0.15, 0.2) is 5.82 Å². The number of pyridine rings is 1. The molecule has 1 atom stereocenters. The van der Waals surface area contributed by atoms with E-state index in [4.69, 9.17) is 4.98 Å². The maximum atomic E-state index is 13.0. The quantitative estimate of drug-likeness (QED) is 0.470. The van der Waals surface area contributed by atoms with Gasteiger partial charge in [-0.05, 0) is 61.8 Å². The van der Waals surface area contributed by atoms with E-state index in [9.17, 15) is 4.79 Å².